The Bertz CT molecular complexity index is 582. The Balaban J connectivity index is 1.67. The first-order chi connectivity index (χ1) is 10.7. The normalized spacial score (nSPS) is 25.9. The van der Waals surface area contributed by atoms with Crippen molar-refractivity contribution in [3.63, 3.8) is 0 Å². The minimum absolute atomic E-state index is 0.265. The Labute approximate surface area is 128 Å². The molecule has 0 spiro atoms. The number of piperazine rings is 1. The van der Waals surface area contributed by atoms with Gasteiger partial charge in [0, 0.05) is 39.2 Å². The van der Waals surface area contributed by atoms with Crippen molar-refractivity contribution >= 4 is 11.7 Å². The van der Waals surface area contributed by atoms with Crippen molar-refractivity contribution in [2.75, 3.05) is 44.3 Å². The predicted octanol–water partition coefficient (Wildman–Crippen LogP) is 0.319. The van der Waals surface area contributed by atoms with Gasteiger partial charge in [0.15, 0.2) is 0 Å². The van der Waals surface area contributed by atoms with Crippen LogP contribution in [0.1, 0.15) is 12.1 Å². The van der Waals surface area contributed by atoms with Crippen LogP contribution in [0.4, 0.5) is 5.69 Å². The number of carboxylic acid groups (broad SMARTS) is 1. The summed E-state index contributed by atoms with van der Waals surface area (Å²) in [6.45, 7) is 3.60. The number of rotatable bonds is 3. The van der Waals surface area contributed by atoms with Crippen LogP contribution in [0.15, 0.2) is 18.3 Å². The molecule has 0 saturated carbocycles. The molecule has 7 heteroatoms. The molecule has 2 aliphatic heterocycles. The van der Waals surface area contributed by atoms with Crippen molar-refractivity contribution < 1.29 is 14.6 Å². The fraction of sp³-hybridized carbons (Fsp3) is 0.533. The van der Waals surface area contributed by atoms with E-state index in [1.54, 1.807) is 12.3 Å². The SMILES string of the molecule is N#Cc1ccc(N2CCN(C3(C(=O)O)CCOC3)CC2)cn1. The summed E-state index contributed by atoms with van der Waals surface area (Å²) in [6.07, 6.45) is 2.24. The number of hydrogen-bond acceptors (Lipinski definition) is 6. The first kappa shape index (κ1) is 14.8. The Morgan fingerprint density at radius 1 is 1.36 bits per heavy atom. The zero-order chi connectivity index (χ0) is 15.6. The molecule has 22 heavy (non-hydrogen) atoms. The largest absolute Gasteiger partial charge is 0.480 e. The van der Waals surface area contributed by atoms with E-state index in [1.807, 2.05) is 17.0 Å². The highest BCUT2D eigenvalue weighted by atomic mass is 16.5. The van der Waals surface area contributed by atoms with E-state index in [0.717, 1.165) is 18.8 Å². The van der Waals surface area contributed by atoms with Crippen LogP contribution >= 0.6 is 0 Å². The topological polar surface area (TPSA) is 89.7 Å². The molecule has 1 atom stereocenters. The number of ether oxygens (including phenoxy) is 1. The van der Waals surface area contributed by atoms with Crippen LogP contribution in [-0.2, 0) is 9.53 Å². The molecule has 0 bridgehead atoms. The van der Waals surface area contributed by atoms with Gasteiger partial charge in [-0.25, -0.2) is 4.98 Å². The molecule has 2 aliphatic rings. The van der Waals surface area contributed by atoms with Gasteiger partial charge in [0.25, 0.3) is 0 Å². The maximum atomic E-state index is 11.7. The van der Waals surface area contributed by atoms with Gasteiger partial charge in [0.05, 0.1) is 18.5 Å². The smallest absolute Gasteiger partial charge is 0.326 e. The predicted molar refractivity (Wildman–Crippen MR) is 78.5 cm³/mol. The van der Waals surface area contributed by atoms with E-state index < -0.39 is 11.5 Å². The second-order valence-corrected chi connectivity index (χ2v) is 5.63. The van der Waals surface area contributed by atoms with Gasteiger partial charge >= 0.3 is 5.97 Å². The molecule has 0 aliphatic carbocycles. The summed E-state index contributed by atoms with van der Waals surface area (Å²) >= 11 is 0. The summed E-state index contributed by atoms with van der Waals surface area (Å²) in [4.78, 5) is 19.9. The number of pyridine rings is 1. The Morgan fingerprint density at radius 3 is 2.64 bits per heavy atom. The zero-order valence-electron chi connectivity index (χ0n) is 12.2. The minimum Gasteiger partial charge on any atom is -0.480 e. The van der Waals surface area contributed by atoms with Gasteiger partial charge in [0.2, 0.25) is 0 Å². The number of anilines is 1. The highest BCUT2D eigenvalue weighted by Gasteiger charge is 2.48. The number of nitriles is 1. The lowest BCUT2D eigenvalue weighted by Gasteiger charge is -2.43. The number of carbonyl (C=O) groups is 1. The fourth-order valence-corrected chi connectivity index (χ4v) is 3.14. The lowest BCUT2D eigenvalue weighted by molar-refractivity contribution is -0.152. The molecule has 116 valence electrons. The lowest BCUT2D eigenvalue weighted by Crippen LogP contribution is -2.61. The van der Waals surface area contributed by atoms with Gasteiger partial charge in [-0.15, -0.1) is 0 Å². The summed E-state index contributed by atoms with van der Waals surface area (Å²) in [5.74, 6) is -0.793. The second-order valence-electron chi connectivity index (χ2n) is 5.63. The first-order valence-electron chi connectivity index (χ1n) is 7.33. The van der Waals surface area contributed by atoms with E-state index in [9.17, 15) is 9.90 Å². The van der Waals surface area contributed by atoms with Crippen LogP contribution in [0.3, 0.4) is 0 Å². The van der Waals surface area contributed by atoms with Crippen LogP contribution in [0, 0.1) is 11.3 Å². The van der Waals surface area contributed by atoms with Crippen LogP contribution < -0.4 is 4.90 Å². The van der Waals surface area contributed by atoms with Gasteiger partial charge in [-0.3, -0.25) is 9.69 Å². The maximum absolute atomic E-state index is 11.7. The Hall–Kier alpha value is -2.17. The van der Waals surface area contributed by atoms with Crippen molar-refractivity contribution in [3.8, 4) is 6.07 Å². The van der Waals surface area contributed by atoms with Crippen LogP contribution in [-0.4, -0.2) is 65.9 Å². The van der Waals surface area contributed by atoms with Gasteiger partial charge in [-0.2, -0.15) is 5.26 Å². The number of nitrogens with zero attached hydrogens (tertiary/aromatic N) is 4. The lowest BCUT2D eigenvalue weighted by atomic mass is 9.95. The summed E-state index contributed by atoms with van der Waals surface area (Å²) in [5.41, 5.74) is 0.496. The summed E-state index contributed by atoms with van der Waals surface area (Å²) < 4.78 is 5.34. The molecule has 0 aromatic carbocycles. The van der Waals surface area contributed by atoms with Gasteiger partial charge < -0.3 is 14.7 Å². The van der Waals surface area contributed by atoms with Crippen molar-refractivity contribution in [2.45, 2.75) is 12.0 Å². The van der Waals surface area contributed by atoms with E-state index in [4.69, 9.17) is 10.00 Å². The quantitative estimate of drug-likeness (QED) is 0.860. The number of aliphatic carboxylic acids is 1. The summed E-state index contributed by atoms with van der Waals surface area (Å²) in [7, 11) is 0. The third kappa shape index (κ3) is 2.51. The highest BCUT2D eigenvalue weighted by molar-refractivity contribution is 5.79. The molecule has 3 heterocycles. The van der Waals surface area contributed by atoms with Gasteiger partial charge in [-0.1, -0.05) is 0 Å². The van der Waals surface area contributed by atoms with Crippen molar-refractivity contribution in [1.29, 1.82) is 5.26 Å². The van der Waals surface area contributed by atoms with E-state index in [-0.39, 0.29) is 6.61 Å². The van der Waals surface area contributed by atoms with Gasteiger partial charge in [-0.05, 0) is 12.1 Å². The Kier molecular flexibility index (Phi) is 3.96. The Morgan fingerprint density at radius 2 is 2.14 bits per heavy atom. The molecule has 0 radical (unpaired) electrons. The molecule has 1 N–H and O–H groups in total. The molecule has 2 saturated heterocycles. The van der Waals surface area contributed by atoms with Crippen molar-refractivity contribution in [3.05, 3.63) is 24.0 Å². The van der Waals surface area contributed by atoms with Gasteiger partial charge in [0.1, 0.15) is 17.3 Å². The monoisotopic (exact) mass is 302 g/mol. The molecule has 2 fully saturated rings. The standard InChI is InChI=1S/C15H18N4O3/c16-9-12-1-2-13(10-17-12)18-4-6-19(7-5-18)15(14(20)21)3-8-22-11-15/h1-2,10H,3-8,11H2,(H,20,21). The highest BCUT2D eigenvalue weighted by Crippen LogP contribution is 2.28. The molecule has 3 rings (SSSR count). The van der Waals surface area contributed by atoms with E-state index >= 15 is 0 Å². The minimum atomic E-state index is -0.866. The summed E-state index contributed by atoms with van der Waals surface area (Å²) in [5, 5.41) is 18.4. The van der Waals surface area contributed by atoms with Crippen LogP contribution in [0.5, 0.6) is 0 Å². The average molecular weight is 302 g/mol. The van der Waals surface area contributed by atoms with Crippen LogP contribution in [0.2, 0.25) is 0 Å². The van der Waals surface area contributed by atoms with Crippen molar-refractivity contribution in [2.24, 2.45) is 0 Å². The molecule has 1 aromatic heterocycles. The first-order valence-corrected chi connectivity index (χ1v) is 7.33. The maximum Gasteiger partial charge on any atom is 0.326 e. The molecular weight excluding hydrogens is 284 g/mol. The van der Waals surface area contributed by atoms with Crippen LogP contribution in [0.25, 0.3) is 0 Å². The summed E-state index contributed by atoms with van der Waals surface area (Å²) in [6, 6.07) is 5.58. The fourth-order valence-electron chi connectivity index (χ4n) is 3.14. The second kappa shape index (κ2) is 5.91. The number of aromatic nitrogens is 1. The number of carboxylic acids is 1. The van der Waals surface area contributed by atoms with Crippen molar-refractivity contribution in [1.82, 2.24) is 9.88 Å². The molecule has 1 aromatic rings. The average Bonchev–Trinajstić information content (AvgIpc) is 3.06. The molecule has 0 amide bonds. The van der Waals surface area contributed by atoms with E-state index in [1.165, 1.54) is 0 Å². The molecular formula is C15H18N4O3. The molecule has 7 nitrogen and oxygen atoms in total. The molecule has 1 unspecified atom stereocenters. The van der Waals surface area contributed by atoms with E-state index in [2.05, 4.69) is 9.88 Å². The zero-order valence-corrected chi connectivity index (χ0v) is 12.2. The van der Waals surface area contributed by atoms with E-state index in [0.29, 0.717) is 31.8 Å². The number of hydrogen-bond donors (Lipinski definition) is 1. The third-order valence-corrected chi connectivity index (χ3v) is 4.51. The third-order valence-electron chi connectivity index (χ3n) is 4.51.